The summed E-state index contributed by atoms with van der Waals surface area (Å²) in [7, 11) is 0. The molecule has 0 bridgehead atoms. The van der Waals surface area contributed by atoms with Crippen molar-refractivity contribution in [3.63, 3.8) is 0 Å². The molecule has 2 aliphatic rings. The summed E-state index contributed by atoms with van der Waals surface area (Å²) in [6.45, 7) is 3.72. The number of aryl methyl sites for hydroxylation is 1. The molecule has 1 atom stereocenters. The van der Waals surface area contributed by atoms with Crippen molar-refractivity contribution in [1.29, 1.82) is 0 Å². The zero-order valence-electron chi connectivity index (χ0n) is 18.1. The van der Waals surface area contributed by atoms with Gasteiger partial charge in [-0.3, -0.25) is 14.4 Å². The van der Waals surface area contributed by atoms with E-state index in [0.717, 1.165) is 29.5 Å². The number of piperidine rings is 2. The molecule has 0 radical (unpaired) electrons. The Bertz CT molecular complexity index is 931. The number of hydrogen-bond acceptors (Lipinski definition) is 3. The minimum atomic E-state index is -0.571. The maximum atomic E-state index is 13.6. The minimum absolute atomic E-state index is 0.0253. The number of rotatable bonds is 5. The van der Waals surface area contributed by atoms with Gasteiger partial charge in [0.1, 0.15) is 6.04 Å². The van der Waals surface area contributed by atoms with E-state index in [1.54, 1.807) is 4.90 Å². The van der Waals surface area contributed by atoms with Crippen LogP contribution < -0.4 is 0 Å². The van der Waals surface area contributed by atoms with Crippen LogP contribution in [0.15, 0.2) is 54.6 Å². The van der Waals surface area contributed by atoms with Gasteiger partial charge in [-0.15, -0.1) is 0 Å². The third-order valence-electron chi connectivity index (χ3n) is 6.53. The van der Waals surface area contributed by atoms with Crippen LogP contribution in [0.5, 0.6) is 0 Å². The van der Waals surface area contributed by atoms with Gasteiger partial charge in [-0.05, 0) is 38.2 Å². The predicted molar refractivity (Wildman–Crippen MR) is 120 cm³/mol. The van der Waals surface area contributed by atoms with Gasteiger partial charge in [0.2, 0.25) is 11.8 Å². The van der Waals surface area contributed by atoms with Crippen molar-refractivity contribution in [1.82, 2.24) is 9.80 Å². The van der Waals surface area contributed by atoms with Gasteiger partial charge < -0.3 is 9.80 Å². The highest BCUT2D eigenvalue weighted by molar-refractivity contribution is 5.98. The SMILES string of the molecule is Cc1ccc(C(=O)C2CCN(C(=O)C(c3ccccc3)N3CCCCC3=O)CC2)cc1. The monoisotopic (exact) mass is 418 g/mol. The second-order valence-corrected chi connectivity index (χ2v) is 8.69. The van der Waals surface area contributed by atoms with Crippen LogP contribution in [0.3, 0.4) is 0 Å². The molecule has 0 aromatic heterocycles. The van der Waals surface area contributed by atoms with Crippen LogP contribution in [-0.4, -0.2) is 47.0 Å². The van der Waals surface area contributed by atoms with Gasteiger partial charge in [0.25, 0.3) is 0 Å². The molecule has 2 saturated heterocycles. The molecular weight excluding hydrogens is 388 g/mol. The number of Topliss-reactive ketones (excluding diaryl/α,β-unsaturated/α-hetero) is 1. The molecule has 1 unspecified atom stereocenters. The fourth-order valence-electron chi connectivity index (χ4n) is 4.68. The summed E-state index contributed by atoms with van der Waals surface area (Å²) in [5, 5.41) is 0. The highest BCUT2D eigenvalue weighted by Gasteiger charge is 2.37. The summed E-state index contributed by atoms with van der Waals surface area (Å²) in [5.41, 5.74) is 2.74. The fraction of sp³-hybridized carbons (Fsp3) is 0.423. The lowest BCUT2D eigenvalue weighted by molar-refractivity contribution is -0.148. The first-order valence-electron chi connectivity index (χ1n) is 11.3. The van der Waals surface area contributed by atoms with E-state index < -0.39 is 6.04 Å². The number of carbonyl (C=O) groups excluding carboxylic acids is 3. The Kier molecular flexibility index (Phi) is 6.50. The van der Waals surface area contributed by atoms with Crippen molar-refractivity contribution >= 4 is 17.6 Å². The van der Waals surface area contributed by atoms with Gasteiger partial charge in [-0.2, -0.15) is 0 Å². The molecule has 2 heterocycles. The summed E-state index contributed by atoms with van der Waals surface area (Å²) < 4.78 is 0. The van der Waals surface area contributed by atoms with Gasteiger partial charge in [0.05, 0.1) is 0 Å². The molecule has 162 valence electrons. The Hall–Kier alpha value is -2.95. The molecule has 5 heteroatoms. The third kappa shape index (κ3) is 4.71. The lowest BCUT2D eigenvalue weighted by Gasteiger charge is -2.39. The van der Waals surface area contributed by atoms with Gasteiger partial charge in [-0.1, -0.05) is 60.2 Å². The number of benzene rings is 2. The van der Waals surface area contributed by atoms with Crippen molar-refractivity contribution in [2.75, 3.05) is 19.6 Å². The first kappa shape index (κ1) is 21.3. The normalized spacial score (nSPS) is 18.7. The molecule has 2 fully saturated rings. The highest BCUT2D eigenvalue weighted by Crippen LogP contribution is 2.30. The van der Waals surface area contributed by atoms with Crippen molar-refractivity contribution in [2.24, 2.45) is 5.92 Å². The Balaban J connectivity index is 1.47. The van der Waals surface area contributed by atoms with Crippen molar-refractivity contribution < 1.29 is 14.4 Å². The van der Waals surface area contributed by atoms with E-state index in [-0.39, 0.29) is 23.5 Å². The Morgan fingerprint density at radius 2 is 1.58 bits per heavy atom. The van der Waals surface area contributed by atoms with Crippen LogP contribution in [0.1, 0.15) is 59.6 Å². The second-order valence-electron chi connectivity index (χ2n) is 8.69. The number of ketones is 1. The van der Waals surface area contributed by atoms with Crippen LogP contribution in [-0.2, 0) is 9.59 Å². The lowest BCUT2D eigenvalue weighted by atomic mass is 9.88. The van der Waals surface area contributed by atoms with Gasteiger partial charge >= 0.3 is 0 Å². The van der Waals surface area contributed by atoms with E-state index in [9.17, 15) is 14.4 Å². The van der Waals surface area contributed by atoms with E-state index in [4.69, 9.17) is 0 Å². The molecule has 4 rings (SSSR count). The molecule has 31 heavy (non-hydrogen) atoms. The smallest absolute Gasteiger partial charge is 0.250 e. The zero-order valence-corrected chi connectivity index (χ0v) is 18.1. The summed E-state index contributed by atoms with van der Waals surface area (Å²) >= 11 is 0. The maximum absolute atomic E-state index is 13.6. The van der Waals surface area contributed by atoms with Crippen LogP contribution in [0.25, 0.3) is 0 Å². The lowest BCUT2D eigenvalue weighted by Crippen LogP contribution is -2.49. The van der Waals surface area contributed by atoms with Crippen LogP contribution in [0.2, 0.25) is 0 Å². The van der Waals surface area contributed by atoms with Crippen molar-refractivity contribution in [2.45, 2.75) is 45.1 Å². The third-order valence-corrected chi connectivity index (χ3v) is 6.53. The number of hydrogen-bond donors (Lipinski definition) is 0. The van der Waals surface area contributed by atoms with E-state index in [0.29, 0.717) is 38.9 Å². The molecule has 2 aromatic carbocycles. The Morgan fingerprint density at radius 3 is 2.23 bits per heavy atom. The molecule has 2 amide bonds. The first-order chi connectivity index (χ1) is 15.0. The minimum Gasteiger partial charge on any atom is -0.341 e. The van der Waals surface area contributed by atoms with E-state index >= 15 is 0 Å². The summed E-state index contributed by atoms with van der Waals surface area (Å²) in [5.74, 6) is 0.136. The topological polar surface area (TPSA) is 57.7 Å². The molecular formula is C26H30N2O3. The quantitative estimate of drug-likeness (QED) is 0.685. The van der Waals surface area contributed by atoms with E-state index in [2.05, 4.69) is 0 Å². The second kappa shape index (κ2) is 9.46. The summed E-state index contributed by atoms with van der Waals surface area (Å²) in [6, 6.07) is 16.7. The van der Waals surface area contributed by atoms with Gasteiger partial charge in [0, 0.05) is 37.5 Å². The average Bonchev–Trinajstić information content (AvgIpc) is 2.81. The van der Waals surface area contributed by atoms with Crippen LogP contribution >= 0.6 is 0 Å². The standard InChI is InChI=1S/C26H30N2O3/c1-19-10-12-21(13-11-19)25(30)22-14-17-27(18-15-22)26(31)24(20-7-3-2-4-8-20)28-16-6-5-9-23(28)29/h2-4,7-8,10-13,22,24H,5-6,9,14-18H2,1H3. The summed E-state index contributed by atoms with van der Waals surface area (Å²) in [4.78, 5) is 42.7. The molecule has 2 aliphatic heterocycles. The van der Waals surface area contributed by atoms with Crippen LogP contribution in [0.4, 0.5) is 0 Å². The fourth-order valence-corrected chi connectivity index (χ4v) is 4.68. The van der Waals surface area contributed by atoms with Crippen molar-refractivity contribution in [3.8, 4) is 0 Å². The maximum Gasteiger partial charge on any atom is 0.250 e. The summed E-state index contributed by atoms with van der Waals surface area (Å²) in [6.07, 6.45) is 3.64. The molecule has 0 aliphatic carbocycles. The van der Waals surface area contributed by atoms with Gasteiger partial charge in [0.15, 0.2) is 5.78 Å². The molecule has 0 saturated carbocycles. The number of amides is 2. The molecule has 0 spiro atoms. The first-order valence-corrected chi connectivity index (χ1v) is 11.3. The zero-order chi connectivity index (χ0) is 21.8. The van der Waals surface area contributed by atoms with Crippen LogP contribution in [0, 0.1) is 12.8 Å². The van der Waals surface area contributed by atoms with Gasteiger partial charge in [-0.25, -0.2) is 0 Å². The molecule has 2 aromatic rings. The largest absolute Gasteiger partial charge is 0.341 e. The number of likely N-dealkylation sites (tertiary alicyclic amines) is 2. The number of nitrogens with zero attached hydrogens (tertiary/aromatic N) is 2. The molecule has 5 nitrogen and oxygen atoms in total. The molecule has 0 N–H and O–H groups in total. The van der Waals surface area contributed by atoms with E-state index in [1.165, 1.54) is 0 Å². The average molecular weight is 419 g/mol. The Labute approximate surface area is 184 Å². The van der Waals surface area contributed by atoms with E-state index in [1.807, 2.05) is 66.4 Å². The van der Waals surface area contributed by atoms with Crippen molar-refractivity contribution in [3.05, 3.63) is 71.3 Å². The highest BCUT2D eigenvalue weighted by atomic mass is 16.2. The predicted octanol–water partition coefficient (Wildman–Crippen LogP) is 4.17. The number of carbonyl (C=O) groups is 3. The Morgan fingerprint density at radius 1 is 0.903 bits per heavy atom.